The van der Waals surface area contributed by atoms with Gasteiger partial charge in [-0.3, -0.25) is 19.1 Å². The van der Waals surface area contributed by atoms with Crippen LogP contribution in [0.4, 0.5) is 11.4 Å². The van der Waals surface area contributed by atoms with Crippen molar-refractivity contribution in [2.75, 3.05) is 50.0 Å². The lowest BCUT2D eigenvalue weighted by Crippen LogP contribution is -2.44. The Morgan fingerprint density at radius 1 is 0.957 bits per heavy atom. The van der Waals surface area contributed by atoms with Gasteiger partial charge < -0.3 is 25.1 Å². The second-order valence-corrected chi connectivity index (χ2v) is 13.8. The van der Waals surface area contributed by atoms with E-state index in [4.69, 9.17) is 0 Å². The number of likely N-dealkylation sites (N-methyl/N-ethyl adjacent to an activating group) is 1. The minimum Gasteiger partial charge on any atom is -0.481 e. The second kappa shape index (κ2) is 13.9. The van der Waals surface area contributed by atoms with E-state index in [1.165, 1.54) is 11.3 Å². The number of amides is 2. The van der Waals surface area contributed by atoms with Gasteiger partial charge in [0.2, 0.25) is 0 Å². The summed E-state index contributed by atoms with van der Waals surface area (Å²) in [5, 5.41) is 19.0. The van der Waals surface area contributed by atoms with Crippen LogP contribution in [0, 0.1) is 0 Å². The number of carboxylic acid groups (broad SMARTS) is 1. The van der Waals surface area contributed by atoms with Gasteiger partial charge in [-0.2, -0.15) is 5.10 Å². The Bertz CT molecular complexity index is 1700. The smallest absolute Gasteiger partial charge is 0.305 e. The number of aryl methyl sites for hydroxylation is 1. The van der Waals surface area contributed by atoms with Gasteiger partial charge in [0.25, 0.3) is 11.8 Å². The van der Waals surface area contributed by atoms with Crippen LogP contribution < -0.4 is 10.2 Å². The van der Waals surface area contributed by atoms with E-state index in [9.17, 15) is 19.5 Å². The first-order valence-electron chi connectivity index (χ1n) is 15.5. The summed E-state index contributed by atoms with van der Waals surface area (Å²) in [7, 11) is 3.85. The summed E-state index contributed by atoms with van der Waals surface area (Å²) in [6, 6.07) is 19.5. The van der Waals surface area contributed by atoms with Gasteiger partial charge in [-0.15, -0.1) is 11.3 Å². The first-order chi connectivity index (χ1) is 21.9. The average Bonchev–Trinajstić information content (AvgIpc) is 3.70. The monoisotopic (exact) mass is 642 g/mol. The highest BCUT2D eigenvalue weighted by Gasteiger charge is 2.26. The lowest BCUT2D eigenvalue weighted by atomic mass is 9.92. The molecule has 46 heavy (non-hydrogen) atoms. The number of hydrogen-bond donors (Lipinski definition) is 2. The molecule has 2 aromatic heterocycles. The maximum Gasteiger partial charge on any atom is 0.305 e. The number of carboxylic acids is 1. The van der Waals surface area contributed by atoms with Crippen molar-refractivity contribution in [3.8, 4) is 11.1 Å². The highest BCUT2D eigenvalue weighted by atomic mass is 32.1. The molecule has 5 rings (SSSR count). The van der Waals surface area contributed by atoms with Crippen LogP contribution in [0.3, 0.4) is 0 Å². The van der Waals surface area contributed by atoms with Gasteiger partial charge in [0.1, 0.15) is 5.69 Å². The van der Waals surface area contributed by atoms with Gasteiger partial charge in [-0.25, -0.2) is 0 Å². The molecule has 242 valence electrons. The predicted octanol–water partition coefficient (Wildman–Crippen LogP) is 5.57. The van der Waals surface area contributed by atoms with Crippen molar-refractivity contribution in [1.29, 1.82) is 0 Å². The van der Waals surface area contributed by atoms with E-state index >= 15 is 0 Å². The molecule has 10 nitrogen and oxygen atoms in total. The van der Waals surface area contributed by atoms with Crippen molar-refractivity contribution in [2.45, 2.75) is 39.2 Å². The average molecular weight is 643 g/mol. The molecule has 0 unspecified atom stereocenters. The van der Waals surface area contributed by atoms with E-state index in [1.54, 1.807) is 22.7 Å². The molecular formula is C35H42N6O4S. The Morgan fingerprint density at radius 3 is 2.35 bits per heavy atom. The van der Waals surface area contributed by atoms with Crippen LogP contribution in [-0.4, -0.2) is 82.2 Å². The molecule has 2 amide bonds. The van der Waals surface area contributed by atoms with Crippen LogP contribution in [-0.2, 0) is 23.8 Å². The Balaban J connectivity index is 1.44. The molecule has 1 aliphatic heterocycles. The van der Waals surface area contributed by atoms with Crippen LogP contribution in [0.1, 0.15) is 58.6 Å². The number of aliphatic carboxylic acids is 1. The lowest BCUT2D eigenvalue weighted by molar-refractivity contribution is -0.137. The maximum absolute atomic E-state index is 13.8. The fraction of sp³-hybridized carbons (Fsp3) is 0.371. The van der Waals surface area contributed by atoms with Crippen molar-refractivity contribution in [3.05, 3.63) is 87.9 Å². The fourth-order valence-electron chi connectivity index (χ4n) is 5.48. The highest BCUT2D eigenvalue weighted by Crippen LogP contribution is 2.33. The minimum absolute atomic E-state index is 0.0625. The van der Waals surface area contributed by atoms with Gasteiger partial charge in [0.05, 0.1) is 28.4 Å². The topological polar surface area (TPSA) is 111 Å². The van der Waals surface area contributed by atoms with Gasteiger partial charge in [-0.05, 0) is 59.4 Å². The maximum atomic E-state index is 13.8. The molecule has 0 aliphatic carbocycles. The number of rotatable bonds is 10. The largest absolute Gasteiger partial charge is 0.481 e. The number of carbonyl (C=O) groups excluding carboxylic acids is 2. The van der Waals surface area contributed by atoms with Crippen molar-refractivity contribution in [2.24, 2.45) is 7.05 Å². The van der Waals surface area contributed by atoms with E-state index in [2.05, 4.69) is 39.4 Å². The zero-order chi connectivity index (χ0) is 33.0. The normalized spacial score (nSPS) is 13.9. The van der Waals surface area contributed by atoms with E-state index in [0.29, 0.717) is 10.6 Å². The summed E-state index contributed by atoms with van der Waals surface area (Å²) >= 11 is 1.40. The molecule has 1 fully saturated rings. The van der Waals surface area contributed by atoms with Crippen molar-refractivity contribution in [3.63, 3.8) is 0 Å². The van der Waals surface area contributed by atoms with Crippen LogP contribution >= 0.6 is 11.3 Å². The number of hydrogen-bond acceptors (Lipinski definition) is 7. The van der Waals surface area contributed by atoms with E-state index in [0.717, 1.165) is 59.9 Å². The van der Waals surface area contributed by atoms with Gasteiger partial charge in [0, 0.05) is 51.7 Å². The third-order valence-electron chi connectivity index (χ3n) is 8.22. The molecule has 0 saturated carbocycles. The van der Waals surface area contributed by atoms with Crippen molar-refractivity contribution < 1.29 is 19.5 Å². The molecule has 11 heteroatoms. The number of nitrogens with zero attached hydrogens (tertiary/aromatic N) is 5. The summed E-state index contributed by atoms with van der Waals surface area (Å²) in [6.45, 7) is 10.0. The van der Waals surface area contributed by atoms with Crippen molar-refractivity contribution in [1.82, 2.24) is 19.6 Å². The van der Waals surface area contributed by atoms with Gasteiger partial charge in [-0.1, -0.05) is 51.1 Å². The molecule has 1 saturated heterocycles. The van der Waals surface area contributed by atoms with Gasteiger partial charge in [0.15, 0.2) is 0 Å². The Hall–Kier alpha value is -4.48. The number of carbonyl (C=O) groups is 3. The Kier molecular flexibility index (Phi) is 9.93. The molecular weight excluding hydrogens is 600 g/mol. The Labute approximate surface area is 274 Å². The molecule has 4 aromatic rings. The summed E-state index contributed by atoms with van der Waals surface area (Å²) in [5.74, 6) is -1.38. The summed E-state index contributed by atoms with van der Waals surface area (Å²) in [6.07, 6.45) is -0.170. The third-order valence-corrected chi connectivity index (χ3v) is 9.09. The zero-order valence-electron chi connectivity index (χ0n) is 27.1. The van der Waals surface area contributed by atoms with Crippen LogP contribution in [0.25, 0.3) is 11.1 Å². The second-order valence-electron chi connectivity index (χ2n) is 12.8. The number of thiophene rings is 1. The summed E-state index contributed by atoms with van der Waals surface area (Å²) in [5.41, 5.74) is 5.41. The lowest BCUT2D eigenvalue weighted by Gasteiger charge is -2.35. The number of aromatic nitrogens is 2. The number of nitrogens with one attached hydrogen (secondary N) is 1. The van der Waals surface area contributed by atoms with Crippen LogP contribution in [0.15, 0.2) is 66.0 Å². The Morgan fingerprint density at radius 2 is 1.70 bits per heavy atom. The first-order valence-corrected chi connectivity index (χ1v) is 16.3. The van der Waals surface area contributed by atoms with Crippen molar-refractivity contribution >= 4 is 40.5 Å². The number of anilines is 2. The third kappa shape index (κ3) is 7.83. The highest BCUT2D eigenvalue weighted by molar-refractivity contribution is 7.12. The molecule has 0 bridgehead atoms. The van der Waals surface area contributed by atoms with Gasteiger partial charge >= 0.3 is 5.97 Å². The minimum atomic E-state index is -0.968. The SMILES string of the molecule is CN1CCN(c2ccc(-c3cccc(CN(CCC(=O)O)C(=O)c4cc(C(C)(C)C)nn4C)c3)cc2NC(=O)c2cccs2)CC1. The van der Waals surface area contributed by atoms with Crippen LogP contribution in [0.5, 0.6) is 0 Å². The molecule has 0 atom stereocenters. The summed E-state index contributed by atoms with van der Waals surface area (Å²) < 4.78 is 1.57. The molecule has 2 aromatic carbocycles. The summed E-state index contributed by atoms with van der Waals surface area (Å²) in [4.78, 5) is 45.2. The molecule has 0 spiro atoms. The van der Waals surface area contributed by atoms with E-state index in [-0.39, 0.29) is 36.7 Å². The molecule has 1 aliphatic rings. The predicted molar refractivity (Wildman–Crippen MR) is 183 cm³/mol. The standard InChI is InChI=1S/C35H42N6O4S/c1-35(2,3)31-22-29(39(5)37-31)34(45)41(14-13-32(42)43)23-24-8-6-9-25(20-24)26-11-12-28(40-17-15-38(4)16-18-40)27(21-26)36-33(44)30-10-7-19-46-30/h6-12,19-22H,13-18,23H2,1-5H3,(H,36,44)(H,42,43). The van der Waals surface area contributed by atoms with E-state index in [1.807, 2.05) is 68.6 Å². The molecule has 0 radical (unpaired) electrons. The number of benzene rings is 2. The zero-order valence-corrected chi connectivity index (χ0v) is 27.9. The fourth-order valence-corrected chi connectivity index (χ4v) is 6.10. The first kappa shape index (κ1) is 32.9. The van der Waals surface area contributed by atoms with Crippen LogP contribution in [0.2, 0.25) is 0 Å². The molecule has 3 heterocycles. The molecule has 2 N–H and O–H groups in total. The number of piperazine rings is 1. The van der Waals surface area contributed by atoms with E-state index < -0.39 is 5.97 Å². The quantitative estimate of drug-likeness (QED) is 0.233.